The normalized spacial score (nSPS) is 27.6. The van der Waals surface area contributed by atoms with E-state index in [9.17, 15) is 14.6 Å². The molecule has 0 bridgehead atoms. The van der Waals surface area contributed by atoms with E-state index in [1.807, 2.05) is 20.8 Å². The van der Waals surface area contributed by atoms with E-state index in [0.29, 0.717) is 12.0 Å². The number of nitrogens with one attached hydrogen (secondary N) is 1. The first kappa shape index (κ1) is 13.3. The van der Waals surface area contributed by atoms with Crippen molar-refractivity contribution in [2.75, 3.05) is 0 Å². The van der Waals surface area contributed by atoms with Gasteiger partial charge in [0.2, 0.25) is 0 Å². The van der Waals surface area contributed by atoms with Crippen molar-refractivity contribution in [1.29, 1.82) is 0 Å². The van der Waals surface area contributed by atoms with Gasteiger partial charge in [-0.15, -0.1) is 0 Å². The molecule has 3 N–H and O–H groups in total. The molecule has 3 atom stereocenters. The Labute approximate surface area is 107 Å². The maximum atomic E-state index is 12.9. The summed E-state index contributed by atoms with van der Waals surface area (Å²) in [6.45, 7) is 5.94. The Balaban J connectivity index is 2.07. The smallest absolute Gasteiger partial charge is 0.126 e. The molecular weight excluding hydrogens is 233 g/mol. The number of hydrogen-bond donors (Lipinski definition) is 3. The number of benzene rings is 1. The Hall–Kier alpha value is -1.13. The average molecular weight is 253 g/mol. The summed E-state index contributed by atoms with van der Waals surface area (Å²) >= 11 is 0. The van der Waals surface area contributed by atoms with E-state index in [2.05, 4.69) is 5.32 Å². The van der Waals surface area contributed by atoms with E-state index in [1.165, 1.54) is 6.07 Å². The summed E-state index contributed by atoms with van der Waals surface area (Å²) in [5.74, 6) is -0.476. The number of aromatic hydroxyl groups is 1. The first-order valence-corrected chi connectivity index (χ1v) is 6.25. The molecular formula is C14H20FNO2. The van der Waals surface area contributed by atoms with Crippen LogP contribution in [-0.2, 0) is 0 Å². The van der Waals surface area contributed by atoms with Gasteiger partial charge in [0, 0.05) is 29.1 Å². The average Bonchev–Trinajstić information content (AvgIpc) is 2.28. The van der Waals surface area contributed by atoms with Gasteiger partial charge in [-0.25, -0.2) is 4.39 Å². The summed E-state index contributed by atoms with van der Waals surface area (Å²) in [4.78, 5) is 0. The molecule has 0 saturated heterocycles. The van der Waals surface area contributed by atoms with Gasteiger partial charge in [0.1, 0.15) is 11.6 Å². The Bertz CT molecular complexity index is 447. The van der Waals surface area contributed by atoms with Crippen LogP contribution in [0.15, 0.2) is 18.2 Å². The van der Waals surface area contributed by atoms with Gasteiger partial charge in [-0.2, -0.15) is 0 Å². The summed E-state index contributed by atoms with van der Waals surface area (Å²) in [6, 6.07) is 4.17. The molecule has 1 aliphatic carbocycles. The second-order valence-corrected chi connectivity index (χ2v) is 5.72. The maximum absolute atomic E-state index is 12.9. The second-order valence-electron chi connectivity index (χ2n) is 5.72. The lowest BCUT2D eigenvalue weighted by Gasteiger charge is -2.50. The van der Waals surface area contributed by atoms with Crippen LogP contribution in [0.25, 0.3) is 0 Å². The highest BCUT2D eigenvalue weighted by molar-refractivity contribution is 5.35. The number of rotatable bonds is 3. The highest BCUT2D eigenvalue weighted by Crippen LogP contribution is 2.41. The molecule has 1 aromatic carbocycles. The molecule has 0 spiro atoms. The van der Waals surface area contributed by atoms with Gasteiger partial charge in [0.25, 0.3) is 0 Å². The third-order valence-corrected chi connectivity index (χ3v) is 4.13. The highest BCUT2D eigenvalue weighted by atomic mass is 19.1. The van der Waals surface area contributed by atoms with E-state index >= 15 is 0 Å². The lowest BCUT2D eigenvalue weighted by Crippen LogP contribution is -2.60. The second kappa shape index (κ2) is 4.52. The molecule has 2 rings (SSSR count). The Morgan fingerprint density at radius 3 is 2.61 bits per heavy atom. The minimum atomic E-state index is -0.442. The molecule has 1 fully saturated rings. The zero-order valence-electron chi connectivity index (χ0n) is 10.9. The molecule has 1 aliphatic rings. The van der Waals surface area contributed by atoms with E-state index in [4.69, 9.17) is 0 Å². The summed E-state index contributed by atoms with van der Waals surface area (Å²) < 4.78 is 12.9. The number of hydrogen-bond acceptors (Lipinski definition) is 3. The Kier molecular flexibility index (Phi) is 3.34. The summed E-state index contributed by atoms with van der Waals surface area (Å²) in [5, 5.41) is 22.8. The van der Waals surface area contributed by atoms with Crippen LogP contribution >= 0.6 is 0 Å². The van der Waals surface area contributed by atoms with Crippen molar-refractivity contribution in [3.05, 3.63) is 29.6 Å². The number of aliphatic hydroxyl groups excluding tert-OH is 1. The van der Waals surface area contributed by atoms with Gasteiger partial charge in [0.05, 0.1) is 6.10 Å². The van der Waals surface area contributed by atoms with Crippen LogP contribution in [-0.4, -0.2) is 22.4 Å². The van der Waals surface area contributed by atoms with E-state index in [0.717, 1.165) is 6.07 Å². The highest BCUT2D eigenvalue weighted by Gasteiger charge is 2.47. The van der Waals surface area contributed by atoms with Crippen LogP contribution in [0, 0.1) is 11.2 Å². The van der Waals surface area contributed by atoms with Crippen LogP contribution in [0.1, 0.15) is 38.8 Å². The van der Waals surface area contributed by atoms with E-state index in [-0.39, 0.29) is 29.4 Å². The molecule has 3 nitrogen and oxygen atoms in total. The van der Waals surface area contributed by atoms with E-state index < -0.39 is 5.82 Å². The number of phenols is 1. The fraction of sp³-hybridized carbons (Fsp3) is 0.571. The fourth-order valence-electron chi connectivity index (χ4n) is 2.46. The van der Waals surface area contributed by atoms with Crippen molar-refractivity contribution in [2.45, 2.75) is 45.4 Å². The summed E-state index contributed by atoms with van der Waals surface area (Å²) in [5.41, 5.74) is 0.512. The Morgan fingerprint density at radius 2 is 2.11 bits per heavy atom. The first-order chi connectivity index (χ1) is 8.32. The largest absolute Gasteiger partial charge is 0.508 e. The number of halogens is 1. The lowest BCUT2D eigenvalue weighted by atomic mass is 9.64. The molecule has 0 amide bonds. The molecule has 1 saturated carbocycles. The molecule has 18 heavy (non-hydrogen) atoms. The molecule has 0 radical (unpaired) electrons. The fourth-order valence-corrected chi connectivity index (χ4v) is 2.46. The minimum Gasteiger partial charge on any atom is -0.508 e. The molecule has 1 aromatic rings. The third kappa shape index (κ3) is 2.22. The van der Waals surface area contributed by atoms with Crippen LogP contribution in [0.4, 0.5) is 4.39 Å². The monoisotopic (exact) mass is 253 g/mol. The van der Waals surface area contributed by atoms with Gasteiger partial charge >= 0.3 is 0 Å². The zero-order chi connectivity index (χ0) is 13.5. The van der Waals surface area contributed by atoms with Gasteiger partial charge in [-0.05, 0) is 19.4 Å². The van der Waals surface area contributed by atoms with Gasteiger partial charge in [-0.1, -0.05) is 19.9 Å². The molecule has 4 heteroatoms. The van der Waals surface area contributed by atoms with Crippen LogP contribution in [0.5, 0.6) is 5.75 Å². The summed E-state index contributed by atoms with van der Waals surface area (Å²) in [7, 11) is 0. The third-order valence-electron chi connectivity index (χ3n) is 4.13. The van der Waals surface area contributed by atoms with Crippen molar-refractivity contribution in [3.8, 4) is 5.75 Å². The van der Waals surface area contributed by atoms with Crippen LogP contribution in [0.3, 0.4) is 0 Å². The molecule has 0 aliphatic heterocycles. The predicted octanol–water partition coefficient (Wildman–Crippen LogP) is 2.34. The van der Waals surface area contributed by atoms with Crippen molar-refractivity contribution in [3.63, 3.8) is 0 Å². The molecule has 0 aromatic heterocycles. The van der Waals surface area contributed by atoms with Gasteiger partial charge in [0.15, 0.2) is 0 Å². The molecule has 0 heterocycles. The van der Waals surface area contributed by atoms with Gasteiger partial charge < -0.3 is 15.5 Å². The lowest BCUT2D eigenvalue weighted by molar-refractivity contribution is -0.0755. The molecule has 3 unspecified atom stereocenters. The van der Waals surface area contributed by atoms with Crippen LogP contribution < -0.4 is 5.32 Å². The van der Waals surface area contributed by atoms with Crippen molar-refractivity contribution in [1.82, 2.24) is 5.32 Å². The molecule has 100 valence electrons. The zero-order valence-corrected chi connectivity index (χ0v) is 10.9. The SMILES string of the molecule is CC(NC1CC(O)C1(C)C)c1ccc(F)cc1O. The van der Waals surface area contributed by atoms with Gasteiger partial charge in [-0.3, -0.25) is 0 Å². The number of phenolic OH excluding ortho intramolecular Hbond substituents is 1. The predicted molar refractivity (Wildman–Crippen MR) is 67.8 cm³/mol. The topological polar surface area (TPSA) is 52.5 Å². The van der Waals surface area contributed by atoms with Crippen molar-refractivity contribution in [2.24, 2.45) is 5.41 Å². The minimum absolute atomic E-state index is 0.0346. The number of aliphatic hydroxyl groups is 1. The first-order valence-electron chi connectivity index (χ1n) is 6.25. The van der Waals surface area contributed by atoms with Crippen molar-refractivity contribution < 1.29 is 14.6 Å². The Morgan fingerprint density at radius 1 is 1.44 bits per heavy atom. The van der Waals surface area contributed by atoms with Crippen molar-refractivity contribution >= 4 is 0 Å². The summed E-state index contributed by atoms with van der Waals surface area (Å²) in [6.07, 6.45) is 0.420. The van der Waals surface area contributed by atoms with E-state index in [1.54, 1.807) is 6.07 Å². The van der Waals surface area contributed by atoms with Crippen LogP contribution in [0.2, 0.25) is 0 Å². The quantitative estimate of drug-likeness (QED) is 0.775. The standard InChI is InChI=1S/C14H20FNO2/c1-8(10-5-4-9(15)6-11(10)17)16-12-7-13(18)14(12,2)3/h4-6,8,12-13,16-18H,7H2,1-3H3. The maximum Gasteiger partial charge on any atom is 0.126 e.